The van der Waals surface area contributed by atoms with E-state index in [1.807, 2.05) is 13.8 Å². The van der Waals surface area contributed by atoms with Crippen molar-refractivity contribution in [1.82, 2.24) is 0 Å². The van der Waals surface area contributed by atoms with Gasteiger partial charge in [0.1, 0.15) is 5.75 Å². The second-order valence-electron chi connectivity index (χ2n) is 7.02. The summed E-state index contributed by atoms with van der Waals surface area (Å²) < 4.78 is 43.9. The fourth-order valence-electron chi connectivity index (χ4n) is 3.21. The predicted molar refractivity (Wildman–Crippen MR) is 132 cm³/mol. The maximum Gasteiger partial charge on any atom is 0.271 e. The first-order valence-electron chi connectivity index (χ1n) is 10.8. The Kier molecular flexibility index (Phi) is 8.32. The molecule has 0 spiro atoms. The number of ether oxygens (including phenoxy) is 3. The molecule has 0 N–H and O–H groups in total. The second kappa shape index (κ2) is 11.4. The zero-order valence-corrected chi connectivity index (χ0v) is 20.1. The van der Waals surface area contributed by atoms with Gasteiger partial charge in [-0.05, 0) is 74.0 Å². The maximum absolute atomic E-state index is 13.4. The van der Waals surface area contributed by atoms with E-state index in [4.69, 9.17) is 14.2 Å². The third kappa shape index (κ3) is 5.77. The van der Waals surface area contributed by atoms with E-state index in [0.717, 1.165) is 4.31 Å². The molecule has 0 fully saturated rings. The highest BCUT2D eigenvalue weighted by atomic mass is 32.2. The van der Waals surface area contributed by atoms with E-state index in [0.29, 0.717) is 36.0 Å². The highest BCUT2D eigenvalue weighted by molar-refractivity contribution is 7.93. The number of hydrogen-bond acceptors (Lipinski definition) is 6. The van der Waals surface area contributed by atoms with Crippen LogP contribution in [0.2, 0.25) is 0 Å². The highest BCUT2D eigenvalue weighted by Gasteiger charge is 2.29. The highest BCUT2D eigenvalue weighted by Crippen LogP contribution is 2.30. The Labute approximate surface area is 200 Å². The second-order valence-corrected chi connectivity index (χ2v) is 8.81. The van der Waals surface area contributed by atoms with Gasteiger partial charge < -0.3 is 14.2 Å². The molecule has 0 aromatic heterocycles. The number of benzene rings is 3. The molecule has 34 heavy (non-hydrogen) atoms. The number of methoxy groups -OCH3 is 1. The number of hydrogen-bond donors (Lipinski definition) is 0. The summed E-state index contributed by atoms with van der Waals surface area (Å²) in [7, 11) is -2.65. The van der Waals surface area contributed by atoms with E-state index >= 15 is 0 Å². The minimum atomic E-state index is -4.16. The number of carbonyl (C=O) groups excluding carboxylic acids is 1. The molecule has 3 rings (SSSR count). The molecule has 0 bridgehead atoms. The number of nitrogens with zero attached hydrogens (tertiary/aromatic N) is 1. The van der Waals surface area contributed by atoms with Gasteiger partial charge in [0.25, 0.3) is 15.9 Å². The molecule has 1 amide bonds. The zero-order valence-electron chi connectivity index (χ0n) is 19.3. The Morgan fingerprint density at radius 2 is 1.53 bits per heavy atom. The molecule has 3 aromatic rings. The Bertz CT molecular complexity index is 1240. The molecule has 0 aliphatic rings. The van der Waals surface area contributed by atoms with Crippen molar-refractivity contribution in [1.29, 1.82) is 0 Å². The quantitative estimate of drug-likeness (QED) is 0.382. The molecule has 0 saturated heterocycles. The number of rotatable bonds is 10. The topological polar surface area (TPSA) is 82.1 Å². The van der Waals surface area contributed by atoms with Crippen LogP contribution in [-0.2, 0) is 14.8 Å². The van der Waals surface area contributed by atoms with Gasteiger partial charge in [0, 0.05) is 6.08 Å². The van der Waals surface area contributed by atoms with E-state index in [1.54, 1.807) is 48.5 Å². The molecule has 0 unspecified atom stereocenters. The lowest BCUT2D eigenvalue weighted by Crippen LogP contribution is -2.35. The molecule has 0 aliphatic carbocycles. The zero-order chi connectivity index (χ0) is 24.6. The molecular formula is C26H27NO6S. The van der Waals surface area contributed by atoms with Gasteiger partial charge in [0.15, 0.2) is 11.5 Å². The van der Waals surface area contributed by atoms with Gasteiger partial charge >= 0.3 is 0 Å². The van der Waals surface area contributed by atoms with Crippen LogP contribution in [-0.4, -0.2) is 34.6 Å². The van der Waals surface area contributed by atoms with Crippen LogP contribution >= 0.6 is 0 Å². The van der Waals surface area contributed by atoms with Crippen molar-refractivity contribution < 1.29 is 27.4 Å². The van der Waals surface area contributed by atoms with Gasteiger partial charge in [0.2, 0.25) is 0 Å². The fraction of sp³-hybridized carbons (Fsp3) is 0.192. The number of amides is 1. The predicted octanol–water partition coefficient (Wildman–Crippen LogP) is 4.93. The van der Waals surface area contributed by atoms with E-state index in [2.05, 4.69) is 0 Å². The van der Waals surface area contributed by atoms with Gasteiger partial charge in [-0.3, -0.25) is 4.79 Å². The van der Waals surface area contributed by atoms with Crippen molar-refractivity contribution in [3.63, 3.8) is 0 Å². The Balaban J connectivity index is 1.99. The first-order chi connectivity index (χ1) is 16.4. The third-order valence-electron chi connectivity index (χ3n) is 4.77. The molecular weight excluding hydrogens is 454 g/mol. The normalized spacial score (nSPS) is 11.3. The molecule has 3 aromatic carbocycles. The number of carbonyl (C=O) groups is 1. The van der Waals surface area contributed by atoms with Crippen LogP contribution in [0.1, 0.15) is 19.4 Å². The molecule has 8 heteroatoms. The summed E-state index contributed by atoms with van der Waals surface area (Å²) in [5, 5.41) is 0. The van der Waals surface area contributed by atoms with Crippen LogP contribution in [0.25, 0.3) is 6.08 Å². The fourth-order valence-corrected chi connectivity index (χ4v) is 4.62. The molecule has 0 radical (unpaired) electrons. The first kappa shape index (κ1) is 24.9. The minimum Gasteiger partial charge on any atom is -0.497 e. The first-order valence-corrected chi connectivity index (χ1v) is 12.2. The van der Waals surface area contributed by atoms with E-state index < -0.39 is 15.9 Å². The number of anilines is 1. The van der Waals surface area contributed by atoms with E-state index in [-0.39, 0.29) is 10.6 Å². The van der Waals surface area contributed by atoms with Gasteiger partial charge in [0.05, 0.1) is 30.9 Å². The van der Waals surface area contributed by atoms with Gasteiger partial charge in [-0.25, -0.2) is 8.42 Å². The van der Waals surface area contributed by atoms with Gasteiger partial charge in [-0.2, -0.15) is 4.31 Å². The molecule has 0 atom stereocenters. The maximum atomic E-state index is 13.4. The lowest BCUT2D eigenvalue weighted by molar-refractivity contribution is -0.113. The van der Waals surface area contributed by atoms with E-state index in [9.17, 15) is 13.2 Å². The standard InChI is InChI=1S/C26H27NO6S/c1-4-32-24-17-11-20(19-25(24)33-5-2)12-18-26(28)27(21-13-15-22(31-3)16-14-21)34(29,30)23-9-7-6-8-10-23/h6-19H,4-5H2,1-3H3/b18-12+. The van der Waals surface area contributed by atoms with E-state index in [1.165, 1.54) is 43.5 Å². The lowest BCUT2D eigenvalue weighted by Gasteiger charge is -2.21. The van der Waals surface area contributed by atoms with Crippen LogP contribution in [0, 0.1) is 0 Å². The summed E-state index contributed by atoms with van der Waals surface area (Å²) in [6.45, 7) is 4.68. The Morgan fingerprint density at radius 1 is 0.882 bits per heavy atom. The molecule has 7 nitrogen and oxygen atoms in total. The van der Waals surface area contributed by atoms with Crippen LogP contribution < -0.4 is 18.5 Å². The van der Waals surface area contributed by atoms with Crippen LogP contribution in [0.15, 0.2) is 83.8 Å². The molecule has 0 saturated carbocycles. The van der Waals surface area contributed by atoms with Crippen LogP contribution in [0.5, 0.6) is 17.2 Å². The summed E-state index contributed by atoms with van der Waals surface area (Å²) in [6, 6.07) is 19.3. The SMILES string of the molecule is CCOc1ccc(/C=C/C(=O)N(c2ccc(OC)cc2)S(=O)(=O)c2ccccc2)cc1OCC. The summed E-state index contributed by atoms with van der Waals surface area (Å²) >= 11 is 0. The third-order valence-corrected chi connectivity index (χ3v) is 6.51. The average molecular weight is 482 g/mol. The smallest absolute Gasteiger partial charge is 0.271 e. The van der Waals surface area contributed by atoms with Gasteiger partial charge in [-0.15, -0.1) is 0 Å². The van der Waals surface area contributed by atoms with Crippen molar-refractivity contribution in [2.24, 2.45) is 0 Å². The Hall–Kier alpha value is -3.78. The van der Waals surface area contributed by atoms with Gasteiger partial charge in [-0.1, -0.05) is 24.3 Å². The average Bonchev–Trinajstić information content (AvgIpc) is 2.85. The summed E-state index contributed by atoms with van der Waals surface area (Å²) in [4.78, 5) is 13.3. The molecule has 0 aliphatic heterocycles. The monoisotopic (exact) mass is 481 g/mol. The lowest BCUT2D eigenvalue weighted by atomic mass is 10.2. The van der Waals surface area contributed by atoms with Crippen molar-refractivity contribution >= 4 is 27.7 Å². The largest absolute Gasteiger partial charge is 0.497 e. The van der Waals surface area contributed by atoms with Crippen molar-refractivity contribution in [3.8, 4) is 17.2 Å². The molecule has 0 heterocycles. The van der Waals surface area contributed by atoms with Crippen molar-refractivity contribution in [3.05, 3.63) is 84.4 Å². The summed E-state index contributed by atoms with van der Waals surface area (Å²) in [5.74, 6) is 0.963. The van der Waals surface area contributed by atoms with Crippen molar-refractivity contribution in [2.45, 2.75) is 18.7 Å². The van der Waals surface area contributed by atoms with Crippen LogP contribution in [0.3, 0.4) is 0 Å². The minimum absolute atomic E-state index is 0.00673. The van der Waals surface area contributed by atoms with Crippen molar-refractivity contribution in [2.75, 3.05) is 24.6 Å². The summed E-state index contributed by atoms with van der Waals surface area (Å²) in [6.07, 6.45) is 2.76. The number of sulfonamides is 1. The summed E-state index contributed by atoms with van der Waals surface area (Å²) in [5.41, 5.74) is 0.855. The molecule has 178 valence electrons. The van der Waals surface area contributed by atoms with Crippen LogP contribution in [0.4, 0.5) is 5.69 Å². The Morgan fingerprint density at radius 3 is 2.15 bits per heavy atom.